The van der Waals surface area contributed by atoms with Gasteiger partial charge in [-0.25, -0.2) is 4.98 Å². The van der Waals surface area contributed by atoms with Gasteiger partial charge in [0.2, 0.25) is 0 Å². The summed E-state index contributed by atoms with van der Waals surface area (Å²) in [4.78, 5) is 4.42. The molecule has 20 heavy (non-hydrogen) atoms. The Morgan fingerprint density at radius 1 is 1.30 bits per heavy atom. The fraction of sp³-hybridized carbons (Fsp3) is 0.462. The van der Waals surface area contributed by atoms with Crippen molar-refractivity contribution in [3.05, 3.63) is 26.0 Å². The molecule has 0 saturated carbocycles. The number of ether oxygens (including phenoxy) is 1. The van der Waals surface area contributed by atoms with Crippen LogP contribution < -0.4 is 0 Å². The van der Waals surface area contributed by atoms with Gasteiger partial charge in [0.15, 0.2) is 0 Å². The quantitative estimate of drug-likeness (QED) is 0.273. The topological polar surface area (TPSA) is 27.1 Å². The Balaban J connectivity index is 2.14. The van der Waals surface area contributed by atoms with Crippen LogP contribution in [0.2, 0.25) is 35.9 Å². The fourth-order valence-electron chi connectivity index (χ4n) is 1.76. The Kier molecular flexibility index (Phi) is 5.39. The first-order chi connectivity index (χ1) is 9.28. The molecule has 110 valence electrons. The summed E-state index contributed by atoms with van der Waals surface area (Å²) < 4.78 is 8.44. The smallest absolute Gasteiger partial charge is 0.124 e. The lowest BCUT2D eigenvalue weighted by Crippen LogP contribution is -2.22. The van der Waals surface area contributed by atoms with Crippen molar-refractivity contribution in [2.45, 2.75) is 32.4 Å². The van der Waals surface area contributed by atoms with Crippen molar-refractivity contribution in [1.29, 1.82) is 0 Å². The molecular formula is C13H17Cl2IN2OSi. The third-order valence-electron chi connectivity index (χ3n) is 2.96. The van der Waals surface area contributed by atoms with Gasteiger partial charge in [-0.1, -0.05) is 42.8 Å². The molecule has 0 bridgehead atoms. The highest BCUT2D eigenvalue weighted by molar-refractivity contribution is 14.1. The predicted octanol–water partition coefficient (Wildman–Crippen LogP) is 5.26. The number of nitrogens with zero attached hydrogens (tertiary/aromatic N) is 2. The average Bonchev–Trinajstić information content (AvgIpc) is 2.60. The van der Waals surface area contributed by atoms with Crippen LogP contribution in [-0.2, 0) is 11.5 Å². The van der Waals surface area contributed by atoms with E-state index < -0.39 is 8.07 Å². The molecule has 0 unspecified atom stereocenters. The Morgan fingerprint density at radius 2 is 2.00 bits per heavy atom. The van der Waals surface area contributed by atoms with E-state index in [0.29, 0.717) is 16.9 Å². The number of hydrogen-bond acceptors (Lipinski definition) is 2. The van der Waals surface area contributed by atoms with Gasteiger partial charge < -0.3 is 9.30 Å². The van der Waals surface area contributed by atoms with Crippen molar-refractivity contribution >= 4 is 64.9 Å². The highest BCUT2D eigenvalue weighted by atomic mass is 127. The van der Waals surface area contributed by atoms with Crippen LogP contribution in [0.3, 0.4) is 0 Å². The lowest BCUT2D eigenvalue weighted by Gasteiger charge is -2.16. The van der Waals surface area contributed by atoms with E-state index in [4.69, 9.17) is 27.9 Å². The Bertz CT molecular complexity index is 625. The average molecular weight is 443 g/mol. The molecule has 2 heterocycles. The summed E-state index contributed by atoms with van der Waals surface area (Å²) in [5, 5.41) is 1.26. The molecule has 0 radical (unpaired) electrons. The second-order valence-electron chi connectivity index (χ2n) is 5.91. The van der Waals surface area contributed by atoms with Crippen LogP contribution in [0, 0.1) is 3.70 Å². The first kappa shape index (κ1) is 16.5. The van der Waals surface area contributed by atoms with Gasteiger partial charge in [0.1, 0.15) is 15.6 Å². The van der Waals surface area contributed by atoms with Crippen LogP contribution >= 0.6 is 45.8 Å². The number of hydrogen-bond donors (Lipinski definition) is 0. The van der Waals surface area contributed by atoms with E-state index in [2.05, 4.69) is 47.2 Å². The van der Waals surface area contributed by atoms with Crippen molar-refractivity contribution in [3.63, 3.8) is 0 Å². The van der Waals surface area contributed by atoms with Crippen LogP contribution in [0.25, 0.3) is 11.0 Å². The van der Waals surface area contributed by atoms with Crippen LogP contribution in [0.4, 0.5) is 0 Å². The predicted molar refractivity (Wildman–Crippen MR) is 96.6 cm³/mol. The largest absolute Gasteiger partial charge is 0.361 e. The molecule has 0 saturated heterocycles. The lowest BCUT2D eigenvalue weighted by molar-refractivity contribution is 0.0904. The maximum absolute atomic E-state index is 6.25. The summed E-state index contributed by atoms with van der Waals surface area (Å²) in [5.41, 5.74) is 1.76. The molecular weight excluding hydrogens is 426 g/mol. The molecule has 0 atom stereocenters. The lowest BCUT2D eigenvalue weighted by atomic mass is 10.4. The van der Waals surface area contributed by atoms with Crippen molar-refractivity contribution in [2.75, 3.05) is 6.61 Å². The summed E-state index contributed by atoms with van der Waals surface area (Å²) in [6, 6.07) is 4.87. The van der Waals surface area contributed by atoms with Crippen LogP contribution in [-0.4, -0.2) is 24.2 Å². The zero-order chi connectivity index (χ0) is 14.9. The van der Waals surface area contributed by atoms with Gasteiger partial charge in [-0.05, 0) is 34.7 Å². The van der Waals surface area contributed by atoms with E-state index in [-0.39, 0.29) is 0 Å². The van der Waals surface area contributed by atoms with E-state index in [1.54, 1.807) is 0 Å². The molecule has 2 aromatic heterocycles. The highest BCUT2D eigenvalue weighted by Gasteiger charge is 2.14. The Labute approximate surface area is 143 Å². The van der Waals surface area contributed by atoms with Crippen molar-refractivity contribution in [3.8, 4) is 0 Å². The van der Waals surface area contributed by atoms with E-state index in [9.17, 15) is 0 Å². The van der Waals surface area contributed by atoms with E-state index in [1.165, 1.54) is 0 Å². The third-order valence-corrected chi connectivity index (χ3v) is 6.41. The maximum Gasteiger partial charge on any atom is 0.124 e. The fourth-order valence-corrected chi connectivity index (χ4v) is 3.32. The van der Waals surface area contributed by atoms with Gasteiger partial charge >= 0.3 is 0 Å². The normalized spacial score (nSPS) is 12.3. The molecule has 0 N–H and O–H groups in total. The van der Waals surface area contributed by atoms with Crippen LogP contribution in [0.1, 0.15) is 0 Å². The summed E-state index contributed by atoms with van der Waals surface area (Å²) in [7, 11) is -1.06. The van der Waals surface area contributed by atoms with Crippen molar-refractivity contribution < 1.29 is 4.74 Å². The summed E-state index contributed by atoms with van der Waals surface area (Å²) in [5.74, 6) is 0. The summed E-state index contributed by atoms with van der Waals surface area (Å²) in [6.07, 6.45) is 0. The summed E-state index contributed by atoms with van der Waals surface area (Å²) >= 11 is 14.5. The number of rotatable bonds is 5. The minimum Gasteiger partial charge on any atom is -0.361 e. The van der Waals surface area contributed by atoms with Gasteiger partial charge in [-0.3, -0.25) is 0 Å². The highest BCUT2D eigenvalue weighted by Crippen LogP contribution is 2.27. The second kappa shape index (κ2) is 6.52. The molecule has 3 nitrogen and oxygen atoms in total. The van der Waals surface area contributed by atoms with Crippen molar-refractivity contribution in [2.24, 2.45) is 0 Å². The van der Waals surface area contributed by atoms with Gasteiger partial charge in [-0.15, -0.1) is 0 Å². The van der Waals surface area contributed by atoms with Crippen LogP contribution in [0.5, 0.6) is 0 Å². The first-order valence-electron chi connectivity index (χ1n) is 6.36. The molecule has 0 fully saturated rings. The Morgan fingerprint density at radius 3 is 2.65 bits per heavy atom. The molecule has 2 aromatic rings. The molecule has 0 aliphatic carbocycles. The maximum atomic E-state index is 6.25. The standard InChI is InChI=1S/C13H17Cl2IN2OSi/c1-20(2,3)5-4-19-8-18-11-6-9(14)13(16)17-10(11)7-12(18)15/h6-7H,4-5,8H2,1-3H3. The van der Waals surface area contributed by atoms with Gasteiger partial charge in [0.05, 0.1) is 16.1 Å². The third kappa shape index (κ3) is 4.10. The molecule has 0 amide bonds. The monoisotopic (exact) mass is 442 g/mol. The van der Waals surface area contributed by atoms with E-state index >= 15 is 0 Å². The molecule has 0 spiro atoms. The molecule has 0 aliphatic rings. The van der Waals surface area contributed by atoms with Crippen LogP contribution in [0.15, 0.2) is 12.1 Å². The minimum atomic E-state index is -1.06. The SMILES string of the molecule is C[Si](C)(C)CCOCn1c(Cl)cc2nc(I)c(Cl)cc21. The van der Waals surface area contributed by atoms with Gasteiger partial charge in [0.25, 0.3) is 0 Å². The molecule has 0 aromatic carbocycles. The van der Waals surface area contributed by atoms with E-state index in [1.807, 2.05) is 16.7 Å². The number of aromatic nitrogens is 2. The molecule has 2 rings (SSSR count). The Hall–Kier alpha value is 0.177. The number of halogens is 3. The minimum absolute atomic E-state index is 0.436. The van der Waals surface area contributed by atoms with Crippen molar-refractivity contribution in [1.82, 2.24) is 9.55 Å². The number of pyridine rings is 1. The van der Waals surface area contributed by atoms with E-state index in [0.717, 1.165) is 27.4 Å². The summed E-state index contributed by atoms with van der Waals surface area (Å²) in [6.45, 7) is 8.20. The second-order valence-corrected chi connectivity index (χ2v) is 13.3. The first-order valence-corrected chi connectivity index (χ1v) is 11.9. The molecule has 0 aliphatic heterocycles. The van der Waals surface area contributed by atoms with Gasteiger partial charge in [0, 0.05) is 20.7 Å². The number of fused-ring (bicyclic) bond motifs is 1. The zero-order valence-electron chi connectivity index (χ0n) is 11.7. The van der Waals surface area contributed by atoms with Gasteiger partial charge in [-0.2, -0.15) is 0 Å². The zero-order valence-corrected chi connectivity index (χ0v) is 16.4. The molecule has 7 heteroatoms.